The first-order chi connectivity index (χ1) is 9.89. The molecule has 0 atom stereocenters. The molecular formula is C14H23N3O5. The number of guanidine groups is 1. The molecule has 0 saturated carbocycles. The molecule has 124 valence electrons. The highest BCUT2D eigenvalue weighted by Gasteiger charge is 2.34. The molecule has 1 aliphatic heterocycles. The van der Waals surface area contributed by atoms with E-state index in [0.29, 0.717) is 0 Å². The van der Waals surface area contributed by atoms with Gasteiger partial charge in [0.05, 0.1) is 6.54 Å². The van der Waals surface area contributed by atoms with Gasteiger partial charge >= 0.3 is 12.2 Å². The zero-order valence-corrected chi connectivity index (χ0v) is 13.8. The van der Waals surface area contributed by atoms with Crippen LogP contribution in [0.2, 0.25) is 0 Å². The average molecular weight is 313 g/mol. The fourth-order valence-corrected chi connectivity index (χ4v) is 1.54. The van der Waals surface area contributed by atoms with Gasteiger partial charge < -0.3 is 9.47 Å². The van der Waals surface area contributed by atoms with E-state index >= 15 is 0 Å². The van der Waals surface area contributed by atoms with E-state index in [-0.39, 0.29) is 18.9 Å². The number of hydrogen-bond acceptors (Lipinski definition) is 6. The first kappa shape index (κ1) is 17.9. The summed E-state index contributed by atoms with van der Waals surface area (Å²) >= 11 is 0. The Morgan fingerprint density at radius 1 is 1.09 bits per heavy atom. The van der Waals surface area contributed by atoms with Crippen LogP contribution in [-0.2, 0) is 14.3 Å². The van der Waals surface area contributed by atoms with E-state index in [4.69, 9.17) is 9.47 Å². The molecule has 0 radical (unpaired) electrons. The maximum Gasteiger partial charge on any atom is 0.424 e. The van der Waals surface area contributed by atoms with Crippen molar-refractivity contribution in [2.75, 3.05) is 6.54 Å². The van der Waals surface area contributed by atoms with Crippen LogP contribution in [0.3, 0.4) is 0 Å². The van der Waals surface area contributed by atoms with Crippen LogP contribution in [0.5, 0.6) is 0 Å². The number of rotatable bonds is 0. The van der Waals surface area contributed by atoms with Crippen LogP contribution >= 0.6 is 0 Å². The lowest BCUT2D eigenvalue weighted by molar-refractivity contribution is -0.127. The molecule has 0 saturated heterocycles. The molecular weight excluding hydrogens is 290 g/mol. The number of amides is 3. The summed E-state index contributed by atoms with van der Waals surface area (Å²) in [6.07, 6.45) is -1.61. The molecule has 0 aliphatic carbocycles. The van der Waals surface area contributed by atoms with Crippen molar-refractivity contribution in [2.24, 2.45) is 4.99 Å². The molecule has 0 fully saturated rings. The molecule has 3 amide bonds. The second-order valence-electron chi connectivity index (χ2n) is 6.79. The first-order valence-electron chi connectivity index (χ1n) is 6.99. The molecule has 1 N–H and O–H groups in total. The van der Waals surface area contributed by atoms with Gasteiger partial charge in [0, 0.05) is 6.42 Å². The van der Waals surface area contributed by atoms with Gasteiger partial charge in [0.15, 0.2) is 0 Å². The molecule has 22 heavy (non-hydrogen) atoms. The second kappa shape index (κ2) is 6.33. The zero-order valence-electron chi connectivity index (χ0n) is 13.8. The highest BCUT2D eigenvalue weighted by molar-refractivity contribution is 6.14. The molecule has 1 aliphatic rings. The summed E-state index contributed by atoms with van der Waals surface area (Å²) in [7, 11) is 0. The van der Waals surface area contributed by atoms with Crippen molar-refractivity contribution in [1.29, 1.82) is 0 Å². The lowest BCUT2D eigenvalue weighted by Crippen LogP contribution is -2.54. The smallest absolute Gasteiger partial charge is 0.424 e. The highest BCUT2D eigenvalue weighted by atomic mass is 16.6. The summed E-state index contributed by atoms with van der Waals surface area (Å²) in [5.41, 5.74) is -1.48. The van der Waals surface area contributed by atoms with Crippen molar-refractivity contribution >= 4 is 24.1 Å². The molecule has 0 aromatic heterocycles. The summed E-state index contributed by atoms with van der Waals surface area (Å²) < 4.78 is 10.2. The van der Waals surface area contributed by atoms with Crippen molar-refractivity contribution in [2.45, 2.75) is 59.2 Å². The largest absolute Gasteiger partial charge is 0.444 e. The molecule has 1 heterocycles. The van der Waals surface area contributed by atoms with Crippen LogP contribution in [0.1, 0.15) is 48.0 Å². The molecule has 8 heteroatoms. The summed E-state index contributed by atoms with van der Waals surface area (Å²) in [4.78, 5) is 40.6. The SMILES string of the molecule is CC(C)(C)OC(=O)NC1=NCCC(=O)N1C(=O)OC(C)(C)C. The van der Waals surface area contributed by atoms with E-state index in [2.05, 4.69) is 10.3 Å². The van der Waals surface area contributed by atoms with E-state index in [1.165, 1.54) is 0 Å². The highest BCUT2D eigenvalue weighted by Crippen LogP contribution is 2.14. The number of imide groups is 1. The van der Waals surface area contributed by atoms with E-state index in [1.54, 1.807) is 41.5 Å². The quantitative estimate of drug-likeness (QED) is 0.738. The molecule has 1 rings (SSSR count). The van der Waals surface area contributed by atoms with Crippen LogP contribution < -0.4 is 5.32 Å². The number of nitrogens with zero attached hydrogens (tertiary/aromatic N) is 2. The predicted molar refractivity (Wildman–Crippen MR) is 79.4 cm³/mol. The minimum atomic E-state index is -0.882. The van der Waals surface area contributed by atoms with Crippen molar-refractivity contribution in [3.8, 4) is 0 Å². The lowest BCUT2D eigenvalue weighted by atomic mass is 10.2. The summed E-state index contributed by atoms with van der Waals surface area (Å²) in [6, 6.07) is 0. The third kappa shape index (κ3) is 5.71. The second-order valence-corrected chi connectivity index (χ2v) is 6.79. The molecule has 0 spiro atoms. The maximum absolute atomic E-state index is 12.1. The van der Waals surface area contributed by atoms with Crippen molar-refractivity contribution in [1.82, 2.24) is 10.2 Å². The Bertz CT molecular complexity index is 500. The van der Waals surface area contributed by atoms with E-state index < -0.39 is 29.3 Å². The number of carbonyl (C=O) groups is 3. The third-order valence-electron chi connectivity index (χ3n) is 2.24. The number of ether oxygens (including phenoxy) is 2. The van der Waals surface area contributed by atoms with Crippen LogP contribution in [0, 0.1) is 0 Å². The topological polar surface area (TPSA) is 97.3 Å². The Balaban J connectivity index is 2.86. The van der Waals surface area contributed by atoms with Gasteiger partial charge in [-0.1, -0.05) is 0 Å². The lowest BCUT2D eigenvalue weighted by Gasteiger charge is -2.29. The fraction of sp³-hybridized carbons (Fsp3) is 0.714. The Morgan fingerprint density at radius 3 is 2.14 bits per heavy atom. The number of nitrogens with one attached hydrogen (secondary N) is 1. The number of aliphatic imine (C=N–C) groups is 1. The Hall–Kier alpha value is -2.12. The van der Waals surface area contributed by atoms with Gasteiger partial charge in [0.2, 0.25) is 11.9 Å². The molecule has 0 aromatic carbocycles. The van der Waals surface area contributed by atoms with E-state index in [9.17, 15) is 14.4 Å². The average Bonchev–Trinajstić information content (AvgIpc) is 2.22. The van der Waals surface area contributed by atoms with Gasteiger partial charge in [-0.25, -0.2) is 9.59 Å². The monoisotopic (exact) mass is 313 g/mol. The molecule has 0 aromatic rings. The number of carbonyl (C=O) groups excluding carboxylic acids is 3. The zero-order chi connectivity index (χ0) is 17.1. The molecule has 8 nitrogen and oxygen atoms in total. The maximum atomic E-state index is 12.1. The van der Waals surface area contributed by atoms with Crippen LogP contribution in [0.25, 0.3) is 0 Å². The van der Waals surface area contributed by atoms with Crippen LogP contribution in [0.15, 0.2) is 4.99 Å². The first-order valence-corrected chi connectivity index (χ1v) is 6.99. The number of alkyl carbamates (subject to hydrolysis) is 1. The van der Waals surface area contributed by atoms with Gasteiger partial charge in [-0.15, -0.1) is 0 Å². The van der Waals surface area contributed by atoms with E-state index in [1.807, 2.05) is 0 Å². The van der Waals surface area contributed by atoms with Gasteiger partial charge in [-0.3, -0.25) is 15.1 Å². The Labute approximate surface area is 129 Å². The minimum absolute atomic E-state index is 0.0682. The van der Waals surface area contributed by atoms with Gasteiger partial charge in [-0.2, -0.15) is 4.90 Å². The van der Waals surface area contributed by atoms with Crippen molar-refractivity contribution < 1.29 is 23.9 Å². The van der Waals surface area contributed by atoms with Crippen molar-refractivity contribution in [3.63, 3.8) is 0 Å². The predicted octanol–water partition coefficient (Wildman–Crippen LogP) is 2.03. The summed E-state index contributed by atoms with van der Waals surface area (Å²) in [6.45, 7) is 10.3. The minimum Gasteiger partial charge on any atom is -0.444 e. The Kier molecular flexibility index (Phi) is 5.16. The standard InChI is InChI=1S/C14H23N3O5/c1-13(2,3)21-11(19)16-10-15-8-7-9(18)17(10)12(20)22-14(4,5)6/h7-8H2,1-6H3,(H,15,16,19). The normalized spacial score (nSPS) is 16.0. The molecule has 0 unspecified atom stereocenters. The fourth-order valence-electron chi connectivity index (χ4n) is 1.54. The van der Waals surface area contributed by atoms with Gasteiger partial charge in [-0.05, 0) is 41.5 Å². The van der Waals surface area contributed by atoms with Crippen LogP contribution in [0.4, 0.5) is 9.59 Å². The summed E-state index contributed by atoms with van der Waals surface area (Å²) in [5, 5.41) is 2.32. The third-order valence-corrected chi connectivity index (χ3v) is 2.24. The van der Waals surface area contributed by atoms with E-state index in [0.717, 1.165) is 4.90 Å². The van der Waals surface area contributed by atoms with Crippen molar-refractivity contribution in [3.05, 3.63) is 0 Å². The van der Waals surface area contributed by atoms with Crippen LogP contribution in [-0.4, -0.2) is 46.7 Å². The summed E-state index contributed by atoms with van der Waals surface area (Å²) in [5.74, 6) is -0.671. The number of hydrogen-bond donors (Lipinski definition) is 1. The Morgan fingerprint density at radius 2 is 1.64 bits per heavy atom. The molecule has 0 bridgehead atoms. The van der Waals surface area contributed by atoms with Gasteiger partial charge in [0.1, 0.15) is 11.2 Å². The van der Waals surface area contributed by atoms with Gasteiger partial charge in [0.25, 0.3) is 0 Å².